The number of rotatable bonds is 3. The topological polar surface area (TPSA) is 141 Å². The van der Waals surface area contributed by atoms with Crippen LogP contribution in [0.5, 0.6) is 0 Å². The Balaban J connectivity index is 1.89. The minimum Gasteiger partial charge on any atom is -0.388 e. The van der Waals surface area contributed by atoms with E-state index >= 15 is 0 Å². The van der Waals surface area contributed by atoms with Crippen molar-refractivity contribution in [3.8, 4) is 0 Å². The molecule has 5 N–H and O–H groups in total. The fraction of sp³-hybridized carbons (Fsp3) is 0.462. The first-order chi connectivity index (χ1) is 10.9. The number of imide groups is 1. The van der Waals surface area contributed by atoms with Gasteiger partial charge in [0.25, 0.3) is 11.8 Å². The van der Waals surface area contributed by atoms with Crippen LogP contribution >= 0.6 is 11.8 Å². The number of pyridine rings is 1. The average Bonchev–Trinajstić information content (AvgIpc) is 2.82. The van der Waals surface area contributed by atoms with Crippen LogP contribution in [0.1, 0.15) is 20.7 Å². The number of thioether (sulfide) groups is 1. The summed E-state index contributed by atoms with van der Waals surface area (Å²) in [6.45, 7) is -0.158. The number of hydrogen-bond donors (Lipinski definition) is 5. The molecule has 1 fully saturated rings. The lowest BCUT2D eigenvalue weighted by molar-refractivity contribution is -0.178. The maximum atomic E-state index is 11.8. The number of aliphatic hydroxyl groups excluding tert-OH is 3. The van der Waals surface area contributed by atoms with E-state index in [1.165, 1.54) is 17.8 Å². The van der Waals surface area contributed by atoms with Crippen LogP contribution in [0.25, 0.3) is 0 Å². The Morgan fingerprint density at radius 2 is 2.04 bits per heavy atom. The molecule has 0 bridgehead atoms. The van der Waals surface area contributed by atoms with Gasteiger partial charge in [-0.1, -0.05) is 0 Å². The molecule has 2 amide bonds. The van der Waals surface area contributed by atoms with E-state index in [0.717, 1.165) is 0 Å². The number of aromatic nitrogens is 1. The summed E-state index contributed by atoms with van der Waals surface area (Å²) in [5.41, 5.74) is 0.399. The molecule has 0 saturated carbocycles. The van der Waals surface area contributed by atoms with Crippen molar-refractivity contribution in [2.45, 2.75) is 29.6 Å². The van der Waals surface area contributed by atoms with Crippen molar-refractivity contribution in [2.75, 3.05) is 18.2 Å². The highest BCUT2D eigenvalue weighted by Gasteiger charge is 2.38. The Labute approximate surface area is 135 Å². The Morgan fingerprint density at radius 3 is 2.74 bits per heavy atom. The zero-order valence-corrected chi connectivity index (χ0v) is 12.8. The molecule has 9 nitrogen and oxygen atoms in total. The van der Waals surface area contributed by atoms with E-state index in [-0.39, 0.29) is 23.6 Å². The molecule has 4 atom stereocenters. The van der Waals surface area contributed by atoms with Crippen molar-refractivity contribution >= 4 is 29.4 Å². The van der Waals surface area contributed by atoms with E-state index < -0.39 is 36.4 Å². The number of nitrogens with zero attached hydrogens (tertiary/aromatic N) is 1. The zero-order chi connectivity index (χ0) is 16.7. The normalized spacial score (nSPS) is 30.1. The molecule has 2 aliphatic rings. The largest absolute Gasteiger partial charge is 0.388 e. The number of carbonyl (C=O) groups is 2. The van der Waals surface area contributed by atoms with Crippen molar-refractivity contribution in [2.24, 2.45) is 0 Å². The van der Waals surface area contributed by atoms with Gasteiger partial charge in [0.1, 0.15) is 29.2 Å². The maximum absolute atomic E-state index is 11.8. The van der Waals surface area contributed by atoms with Crippen LogP contribution in [0.2, 0.25) is 0 Å². The molecule has 3 heterocycles. The molecule has 124 valence electrons. The highest BCUT2D eigenvalue weighted by Crippen LogP contribution is 2.29. The number of hydrogen-bond acceptors (Lipinski definition) is 9. The van der Waals surface area contributed by atoms with Crippen molar-refractivity contribution in [3.05, 3.63) is 17.2 Å². The second kappa shape index (κ2) is 6.06. The molecule has 0 aliphatic carbocycles. The van der Waals surface area contributed by atoms with Crippen LogP contribution in [0.3, 0.4) is 0 Å². The number of ether oxygens (including phenoxy) is 1. The molecule has 23 heavy (non-hydrogen) atoms. The Hall–Kier alpha value is -1.72. The third-order valence-electron chi connectivity index (χ3n) is 3.67. The molecule has 1 aromatic rings. The monoisotopic (exact) mass is 341 g/mol. The van der Waals surface area contributed by atoms with Gasteiger partial charge in [-0.25, -0.2) is 4.98 Å². The summed E-state index contributed by atoms with van der Waals surface area (Å²) in [7, 11) is 0. The highest BCUT2D eigenvalue weighted by molar-refractivity contribution is 7.98. The van der Waals surface area contributed by atoms with Gasteiger partial charge in [-0.05, 0) is 12.3 Å². The quantitative estimate of drug-likeness (QED) is 0.329. The number of aliphatic hydroxyl groups is 3. The Kier molecular flexibility index (Phi) is 4.25. The first-order valence-electron chi connectivity index (χ1n) is 6.79. The molecule has 0 radical (unpaired) electrons. The second-order valence-electron chi connectivity index (χ2n) is 5.17. The number of carbonyl (C=O) groups excluding carboxylic acids is 2. The lowest BCUT2D eigenvalue weighted by atomic mass is 10.0. The summed E-state index contributed by atoms with van der Waals surface area (Å²) >= 11 is 1.20. The first kappa shape index (κ1) is 16.1. The maximum Gasteiger partial charge on any atom is 0.261 e. The Morgan fingerprint density at radius 1 is 1.30 bits per heavy atom. The van der Waals surface area contributed by atoms with Crippen LogP contribution in [-0.2, 0) is 4.74 Å². The fourth-order valence-electron chi connectivity index (χ4n) is 2.45. The standard InChI is InChI=1S/C13H15N3O6S/c1-23-13-7-4(10(20)16-11(7)21)2-6(15-13)14-12-9(19)8(18)5(17)3-22-12/h2,5,8-9,12,17-19H,3H2,1H3,(H,14,15)(H,16,20,21)/t5-,8+,9-,12-/m1/s1. The predicted molar refractivity (Wildman–Crippen MR) is 79.2 cm³/mol. The minimum absolute atomic E-state index is 0.158. The van der Waals surface area contributed by atoms with E-state index in [4.69, 9.17) is 4.74 Å². The lowest BCUT2D eigenvalue weighted by Crippen LogP contribution is -2.55. The van der Waals surface area contributed by atoms with Gasteiger partial charge in [-0.2, -0.15) is 0 Å². The van der Waals surface area contributed by atoms with Gasteiger partial charge < -0.3 is 25.4 Å². The van der Waals surface area contributed by atoms with E-state index in [2.05, 4.69) is 15.6 Å². The molecule has 1 aromatic heterocycles. The van der Waals surface area contributed by atoms with Crippen LogP contribution in [0, 0.1) is 0 Å². The van der Waals surface area contributed by atoms with Crippen molar-refractivity contribution in [1.82, 2.24) is 10.3 Å². The number of amides is 2. The lowest BCUT2D eigenvalue weighted by Gasteiger charge is -2.35. The van der Waals surface area contributed by atoms with Crippen molar-refractivity contribution in [3.63, 3.8) is 0 Å². The van der Waals surface area contributed by atoms with E-state index in [9.17, 15) is 24.9 Å². The number of anilines is 1. The summed E-state index contributed by atoms with van der Waals surface area (Å²) in [5, 5.41) is 34.3. The molecule has 2 aliphatic heterocycles. The number of nitrogens with one attached hydrogen (secondary N) is 2. The van der Waals surface area contributed by atoms with E-state index in [1.54, 1.807) is 6.26 Å². The van der Waals surface area contributed by atoms with Gasteiger partial charge in [0.15, 0.2) is 6.23 Å². The first-order valence-corrected chi connectivity index (χ1v) is 8.02. The van der Waals surface area contributed by atoms with Crippen LogP contribution in [0.4, 0.5) is 5.82 Å². The SMILES string of the molecule is CSc1nc(N[C@@H]2OC[C@@H](O)[C@H](O)[C@H]2O)cc2c1C(=O)NC2=O. The van der Waals surface area contributed by atoms with Gasteiger partial charge >= 0.3 is 0 Å². The predicted octanol–water partition coefficient (Wildman–Crippen LogP) is -1.46. The van der Waals surface area contributed by atoms with Gasteiger partial charge in [0, 0.05) is 0 Å². The molecule has 10 heteroatoms. The highest BCUT2D eigenvalue weighted by atomic mass is 32.2. The summed E-state index contributed by atoms with van der Waals surface area (Å²) in [4.78, 5) is 27.8. The molecule has 3 rings (SSSR count). The smallest absolute Gasteiger partial charge is 0.261 e. The molecule has 0 unspecified atom stereocenters. The summed E-state index contributed by atoms with van der Waals surface area (Å²) < 4.78 is 5.23. The summed E-state index contributed by atoms with van der Waals surface area (Å²) in [6.07, 6.45) is -3.20. The Bertz CT molecular complexity index is 669. The van der Waals surface area contributed by atoms with E-state index in [0.29, 0.717) is 5.03 Å². The molecular weight excluding hydrogens is 326 g/mol. The molecular formula is C13H15N3O6S. The average molecular weight is 341 g/mol. The zero-order valence-electron chi connectivity index (χ0n) is 12.0. The van der Waals surface area contributed by atoms with E-state index in [1.807, 2.05) is 0 Å². The van der Waals surface area contributed by atoms with Crippen LogP contribution in [-0.4, -0.2) is 69.5 Å². The van der Waals surface area contributed by atoms with Gasteiger partial charge in [0.05, 0.1) is 17.7 Å². The van der Waals surface area contributed by atoms with Crippen LogP contribution < -0.4 is 10.6 Å². The number of fused-ring (bicyclic) bond motifs is 1. The van der Waals surface area contributed by atoms with Gasteiger partial charge in [-0.3, -0.25) is 14.9 Å². The van der Waals surface area contributed by atoms with Crippen molar-refractivity contribution in [1.29, 1.82) is 0 Å². The fourth-order valence-corrected chi connectivity index (χ4v) is 3.05. The molecule has 1 saturated heterocycles. The third kappa shape index (κ3) is 2.79. The molecule has 0 spiro atoms. The van der Waals surface area contributed by atoms with Crippen LogP contribution in [0.15, 0.2) is 11.1 Å². The second-order valence-corrected chi connectivity index (χ2v) is 5.96. The summed E-state index contributed by atoms with van der Waals surface area (Å²) in [6, 6.07) is 1.38. The molecule has 0 aromatic carbocycles. The van der Waals surface area contributed by atoms with Gasteiger partial charge in [0.2, 0.25) is 0 Å². The third-order valence-corrected chi connectivity index (χ3v) is 4.35. The minimum atomic E-state index is -1.37. The summed E-state index contributed by atoms with van der Waals surface area (Å²) in [5.74, 6) is -0.808. The van der Waals surface area contributed by atoms with Gasteiger partial charge in [-0.15, -0.1) is 11.8 Å². The van der Waals surface area contributed by atoms with Crippen molar-refractivity contribution < 1.29 is 29.6 Å².